The van der Waals surface area contributed by atoms with E-state index in [9.17, 15) is 22.8 Å². The van der Waals surface area contributed by atoms with E-state index < -0.39 is 40.7 Å². The summed E-state index contributed by atoms with van der Waals surface area (Å²) >= 11 is 0. The number of nitrogens with one attached hydrogen (secondary N) is 1. The van der Waals surface area contributed by atoms with Crippen molar-refractivity contribution in [2.45, 2.75) is 20.0 Å². The number of rotatable bonds is 7. The number of hydrazone groups is 1. The van der Waals surface area contributed by atoms with Crippen molar-refractivity contribution in [2.75, 3.05) is 18.6 Å². The lowest BCUT2D eigenvalue weighted by atomic mass is 10.1. The van der Waals surface area contributed by atoms with Crippen LogP contribution in [0.15, 0.2) is 40.6 Å². The molecule has 0 atom stereocenters. The predicted octanol–water partition coefficient (Wildman–Crippen LogP) is 2.34. The lowest BCUT2D eigenvalue weighted by Gasteiger charge is -2.11. The van der Waals surface area contributed by atoms with Crippen LogP contribution < -0.4 is 11.2 Å². The molecular formula is C17H17F3N4O4. The molecular weight excluding hydrogens is 381 g/mol. The van der Waals surface area contributed by atoms with Crippen LogP contribution in [0.1, 0.15) is 19.4 Å². The number of carbonyl (C=O) groups is 2. The Labute approximate surface area is 158 Å². The first-order valence-electron chi connectivity index (χ1n) is 7.91. The van der Waals surface area contributed by atoms with E-state index in [0.29, 0.717) is 0 Å². The van der Waals surface area contributed by atoms with E-state index in [2.05, 4.69) is 15.3 Å². The summed E-state index contributed by atoms with van der Waals surface area (Å²) in [5.41, 5.74) is 4.89. The largest absolute Gasteiger partial charge is 0.462 e. The summed E-state index contributed by atoms with van der Waals surface area (Å²) < 4.78 is 47.8. The summed E-state index contributed by atoms with van der Waals surface area (Å²) in [7, 11) is 0. The molecule has 0 amide bonds. The van der Waals surface area contributed by atoms with Crippen molar-refractivity contribution in [2.24, 2.45) is 10.8 Å². The van der Waals surface area contributed by atoms with E-state index >= 15 is 0 Å². The van der Waals surface area contributed by atoms with Gasteiger partial charge in [0.15, 0.2) is 11.3 Å². The Morgan fingerprint density at radius 3 is 2.36 bits per heavy atom. The van der Waals surface area contributed by atoms with Gasteiger partial charge in [0.2, 0.25) is 0 Å². The molecule has 150 valence electrons. The summed E-state index contributed by atoms with van der Waals surface area (Å²) in [4.78, 5) is 23.9. The summed E-state index contributed by atoms with van der Waals surface area (Å²) in [6.45, 7) is 2.87. The molecule has 0 bridgehead atoms. The van der Waals surface area contributed by atoms with Crippen molar-refractivity contribution in [1.29, 1.82) is 5.26 Å². The Morgan fingerprint density at radius 1 is 1.21 bits per heavy atom. The highest BCUT2D eigenvalue weighted by molar-refractivity contribution is 6.44. The van der Waals surface area contributed by atoms with Crippen molar-refractivity contribution in [3.63, 3.8) is 0 Å². The fourth-order valence-electron chi connectivity index (χ4n) is 1.84. The third-order valence-electron chi connectivity index (χ3n) is 3.07. The normalized spacial score (nSPS) is 12.5. The van der Waals surface area contributed by atoms with Crippen LogP contribution in [0, 0.1) is 11.3 Å². The molecule has 0 fully saturated rings. The number of anilines is 1. The minimum atomic E-state index is -4.58. The maximum absolute atomic E-state index is 12.8. The number of halogens is 3. The van der Waals surface area contributed by atoms with Crippen LogP contribution in [-0.2, 0) is 25.2 Å². The lowest BCUT2D eigenvalue weighted by molar-refractivity contribution is -0.138. The summed E-state index contributed by atoms with van der Waals surface area (Å²) in [5, 5.41) is 12.8. The van der Waals surface area contributed by atoms with Gasteiger partial charge in [-0.2, -0.15) is 23.5 Å². The molecule has 3 N–H and O–H groups in total. The maximum Gasteiger partial charge on any atom is 0.416 e. The van der Waals surface area contributed by atoms with Gasteiger partial charge in [0, 0.05) is 0 Å². The van der Waals surface area contributed by atoms with E-state index in [4.69, 9.17) is 15.7 Å². The first-order chi connectivity index (χ1) is 13.1. The molecule has 1 aromatic carbocycles. The molecule has 0 spiro atoms. The van der Waals surface area contributed by atoms with Crippen LogP contribution in [0.3, 0.4) is 0 Å². The van der Waals surface area contributed by atoms with Gasteiger partial charge in [-0.1, -0.05) is 6.07 Å². The summed E-state index contributed by atoms with van der Waals surface area (Å²) in [5.74, 6) is -2.17. The number of hydrogen-bond acceptors (Lipinski definition) is 8. The number of nitrogens with two attached hydrogens (primary N) is 1. The zero-order valence-electron chi connectivity index (χ0n) is 15.0. The average molecular weight is 398 g/mol. The SMILES string of the molecule is CCOC(=O)C(=N\Nc1cccc(C(F)(F)F)c1)/C(N)=C(/C#N)C(=O)OCC. The van der Waals surface area contributed by atoms with Crippen LogP contribution in [0.5, 0.6) is 0 Å². The Hall–Kier alpha value is -3.55. The molecule has 0 aliphatic carbocycles. The topological polar surface area (TPSA) is 127 Å². The molecule has 1 aromatic rings. The van der Waals surface area contributed by atoms with Gasteiger partial charge in [-0.3, -0.25) is 5.43 Å². The number of carbonyl (C=O) groups excluding carboxylic acids is 2. The van der Waals surface area contributed by atoms with E-state index in [-0.39, 0.29) is 18.9 Å². The second-order valence-electron chi connectivity index (χ2n) is 4.99. The molecule has 0 aliphatic heterocycles. The van der Waals surface area contributed by atoms with E-state index in [1.165, 1.54) is 26.0 Å². The zero-order chi connectivity index (χ0) is 21.3. The Kier molecular flexibility index (Phi) is 8.00. The first-order valence-corrected chi connectivity index (χ1v) is 7.91. The highest BCUT2D eigenvalue weighted by Gasteiger charge is 2.30. The Bertz CT molecular complexity index is 842. The average Bonchev–Trinajstić information content (AvgIpc) is 2.62. The van der Waals surface area contributed by atoms with Crippen molar-refractivity contribution in [3.05, 3.63) is 41.1 Å². The van der Waals surface area contributed by atoms with Gasteiger partial charge in [-0.15, -0.1) is 0 Å². The lowest BCUT2D eigenvalue weighted by Crippen LogP contribution is -2.28. The monoisotopic (exact) mass is 398 g/mol. The van der Waals surface area contributed by atoms with Crippen molar-refractivity contribution in [3.8, 4) is 6.07 Å². The third-order valence-corrected chi connectivity index (χ3v) is 3.07. The zero-order valence-corrected chi connectivity index (χ0v) is 15.0. The van der Waals surface area contributed by atoms with Gasteiger partial charge in [-0.05, 0) is 32.0 Å². The van der Waals surface area contributed by atoms with Crippen LogP contribution in [0.2, 0.25) is 0 Å². The highest BCUT2D eigenvalue weighted by Crippen LogP contribution is 2.30. The summed E-state index contributed by atoms with van der Waals surface area (Å²) in [6, 6.07) is 5.50. The molecule has 0 saturated carbocycles. The fraction of sp³-hybridized carbons (Fsp3) is 0.294. The van der Waals surface area contributed by atoms with Crippen LogP contribution in [-0.4, -0.2) is 30.9 Å². The number of hydrogen-bond donors (Lipinski definition) is 2. The second-order valence-corrected chi connectivity index (χ2v) is 4.99. The van der Waals surface area contributed by atoms with E-state index in [1.54, 1.807) is 0 Å². The number of ether oxygens (including phenoxy) is 2. The number of alkyl halides is 3. The quantitative estimate of drug-likeness (QED) is 0.237. The highest BCUT2D eigenvalue weighted by atomic mass is 19.4. The van der Waals surface area contributed by atoms with Gasteiger partial charge >= 0.3 is 18.1 Å². The number of benzene rings is 1. The van der Waals surface area contributed by atoms with Crippen molar-refractivity contribution < 1.29 is 32.2 Å². The predicted molar refractivity (Wildman–Crippen MR) is 92.6 cm³/mol. The minimum Gasteiger partial charge on any atom is -0.462 e. The van der Waals surface area contributed by atoms with Crippen LogP contribution >= 0.6 is 0 Å². The van der Waals surface area contributed by atoms with Crippen molar-refractivity contribution >= 4 is 23.3 Å². The van der Waals surface area contributed by atoms with Gasteiger partial charge in [-0.25, -0.2) is 9.59 Å². The summed E-state index contributed by atoms with van der Waals surface area (Å²) in [6.07, 6.45) is -4.58. The van der Waals surface area contributed by atoms with Gasteiger partial charge in [0.25, 0.3) is 0 Å². The Balaban J connectivity index is 3.34. The molecule has 0 saturated heterocycles. The van der Waals surface area contributed by atoms with Crippen molar-refractivity contribution in [1.82, 2.24) is 0 Å². The van der Waals surface area contributed by atoms with Gasteiger partial charge in [0.05, 0.1) is 30.2 Å². The third kappa shape index (κ3) is 6.01. The number of nitriles is 1. The molecule has 0 aliphatic rings. The molecule has 1 rings (SSSR count). The molecule has 11 heteroatoms. The molecule has 0 aromatic heterocycles. The molecule has 8 nitrogen and oxygen atoms in total. The molecule has 28 heavy (non-hydrogen) atoms. The molecule has 0 unspecified atom stereocenters. The van der Waals surface area contributed by atoms with E-state index in [1.807, 2.05) is 0 Å². The van der Waals surface area contributed by atoms with Gasteiger partial charge < -0.3 is 15.2 Å². The molecule has 0 heterocycles. The molecule has 0 radical (unpaired) electrons. The maximum atomic E-state index is 12.8. The first kappa shape index (κ1) is 22.5. The van der Waals surface area contributed by atoms with E-state index in [0.717, 1.165) is 18.2 Å². The van der Waals surface area contributed by atoms with Gasteiger partial charge in [0.1, 0.15) is 6.07 Å². The smallest absolute Gasteiger partial charge is 0.416 e. The second kappa shape index (κ2) is 9.96. The Morgan fingerprint density at radius 2 is 1.82 bits per heavy atom. The fourth-order valence-corrected chi connectivity index (χ4v) is 1.84. The van der Waals surface area contributed by atoms with Crippen LogP contribution in [0.25, 0.3) is 0 Å². The minimum absolute atomic E-state index is 0.0499. The number of esters is 2. The van der Waals surface area contributed by atoms with Crippen LogP contribution in [0.4, 0.5) is 18.9 Å². The number of nitrogens with zero attached hydrogens (tertiary/aromatic N) is 2. The standard InChI is InChI=1S/C17H17F3N4O4/c1-3-27-15(25)12(9-21)13(22)14(16(26)28-4-2)24-23-11-7-5-6-10(8-11)17(18,19)20/h5-8,23H,3-4,22H2,1-2H3/b13-12+,24-14-.